The van der Waals surface area contributed by atoms with Crippen LogP contribution in [-0.4, -0.2) is 48.8 Å². The van der Waals surface area contributed by atoms with Crippen molar-refractivity contribution in [2.24, 2.45) is 0 Å². The molecule has 0 N–H and O–H groups in total. The molecular weight excluding hydrogens is 362 g/mol. The Morgan fingerprint density at radius 1 is 1.08 bits per heavy atom. The fourth-order valence-corrected chi connectivity index (χ4v) is 4.14. The predicted octanol–water partition coefficient (Wildman–Crippen LogP) is 2.40. The Balaban J connectivity index is 1.67. The van der Waals surface area contributed by atoms with Crippen LogP contribution in [-0.2, 0) is 10.0 Å². The van der Waals surface area contributed by atoms with Crippen molar-refractivity contribution in [1.29, 1.82) is 0 Å². The van der Waals surface area contributed by atoms with Gasteiger partial charge in [0, 0.05) is 13.6 Å². The van der Waals surface area contributed by atoms with Crippen molar-refractivity contribution in [3.63, 3.8) is 0 Å². The molecule has 0 aliphatic carbocycles. The molecule has 132 valence electrons. The first kappa shape index (κ1) is 17.6. The van der Waals surface area contributed by atoms with Crippen LogP contribution in [0.4, 0.5) is 0 Å². The number of likely N-dealkylation sites (N-methyl/N-ethyl adjacent to an activating group) is 1. The highest BCUT2D eigenvalue weighted by Crippen LogP contribution is 2.23. The Kier molecular flexibility index (Phi) is 5.16. The zero-order valence-electron chi connectivity index (χ0n) is 13.7. The van der Waals surface area contributed by atoms with E-state index in [1.54, 1.807) is 49.6 Å². The van der Waals surface area contributed by atoms with Gasteiger partial charge >= 0.3 is 0 Å². The second-order valence-corrected chi connectivity index (χ2v) is 7.78. The largest absolute Gasteiger partial charge is 0.497 e. The summed E-state index contributed by atoms with van der Waals surface area (Å²) in [5.41, 5.74) is 0.976. The summed E-state index contributed by atoms with van der Waals surface area (Å²) in [6.07, 6.45) is 0. The lowest BCUT2D eigenvalue weighted by Crippen LogP contribution is -2.31. The van der Waals surface area contributed by atoms with Crippen LogP contribution in [0.1, 0.15) is 0 Å². The number of benzene rings is 2. The maximum Gasteiger partial charge on any atom is 0.245 e. The summed E-state index contributed by atoms with van der Waals surface area (Å²) >= 11 is 0.995. The second-order valence-electron chi connectivity index (χ2n) is 5.24. The lowest BCUT2D eigenvalue weighted by molar-refractivity contribution is 0.286. The van der Waals surface area contributed by atoms with E-state index in [4.69, 9.17) is 9.47 Å². The summed E-state index contributed by atoms with van der Waals surface area (Å²) in [6.45, 7) is 0.440. The van der Waals surface area contributed by atoms with Gasteiger partial charge in [-0.2, -0.15) is 13.1 Å². The number of methoxy groups -OCH3 is 1. The SMILES string of the molecule is COc1ccc(OCCN(C)S(=O)(=O)c2cccc3nsnc23)cc1. The number of hydrogen-bond donors (Lipinski definition) is 0. The number of ether oxygens (including phenoxy) is 2. The Morgan fingerprint density at radius 2 is 1.80 bits per heavy atom. The molecule has 0 spiro atoms. The van der Waals surface area contributed by atoms with Crippen molar-refractivity contribution in [2.75, 3.05) is 27.3 Å². The van der Waals surface area contributed by atoms with Gasteiger partial charge in [0.2, 0.25) is 10.0 Å². The van der Waals surface area contributed by atoms with E-state index in [-0.39, 0.29) is 18.0 Å². The van der Waals surface area contributed by atoms with Crippen LogP contribution in [0.3, 0.4) is 0 Å². The fourth-order valence-electron chi connectivity index (χ4n) is 2.24. The van der Waals surface area contributed by atoms with Gasteiger partial charge in [-0.15, -0.1) is 0 Å². The molecule has 0 unspecified atom stereocenters. The third-order valence-corrected chi connectivity index (χ3v) is 6.10. The van der Waals surface area contributed by atoms with Crippen LogP contribution in [0, 0.1) is 0 Å². The molecule has 3 rings (SSSR count). The Bertz CT molecular complexity index is 955. The summed E-state index contributed by atoms with van der Waals surface area (Å²) in [6, 6.07) is 12.1. The third-order valence-electron chi connectivity index (χ3n) is 3.67. The molecule has 0 bridgehead atoms. The third kappa shape index (κ3) is 3.73. The van der Waals surface area contributed by atoms with Crippen LogP contribution in [0.5, 0.6) is 11.5 Å². The lowest BCUT2D eigenvalue weighted by atomic mass is 10.3. The molecule has 0 radical (unpaired) electrons. The number of rotatable bonds is 7. The number of nitrogens with zero attached hydrogens (tertiary/aromatic N) is 3. The van der Waals surface area contributed by atoms with E-state index < -0.39 is 10.0 Å². The zero-order valence-corrected chi connectivity index (χ0v) is 15.4. The zero-order chi connectivity index (χ0) is 17.9. The number of hydrogen-bond acceptors (Lipinski definition) is 7. The van der Waals surface area contributed by atoms with Gasteiger partial charge in [0.25, 0.3) is 0 Å². The molecule has 0 amide bonds. The van der Waals surface area contributed by atoms with Crippen LogP contribution in [0.25, 0.3) is 11.0 Å². The average molecular weight is 379 g/mol. The molecule has 0 fully saturated rings. The van der Waals surface area contributed by atoms with E-state index in [1.807, 2.05) is 0 Å². The summed E-state index contributed by atoms with van der Waals surface area (Å²) in [5.74, 6) is 1.38. The van der Waals surface area contributed by atoms with E-state index in [9.17, 15) is 8.42 Å². The molecule has 0 aliphatic rings. The normalized spacial score (nSPS) is 11.8. The maximum absolute atomic E-state index is 12.8. The molecule has 0 atom stereocenters. The molecule has 0 saturated carbocycles. The molecule has 9 heteroatoms. The molecule has 1 heterocycles. The van der Waals surface area contributed by atoms with E-state index in [2.05, 4.69) is 8.75 Å². The van der Waals surface area contributed by atoms with Crippen molar-refractivity contribution in [1.82, 2.24) is 13.1 Å². The van der Waals surface area contributed by atoms with Gasteiger partial charge < -0.3 is 9.47 Å². The predicted molar refractivity (Wildman–Crippen MR) is 95.7 cm³/mol. The standard InChI is InChI=1S/C16H17N3O4S2/c1-19(10-11-23-13-8-6-12(22-2)7-9-13)25(20,21)15-5-3-4-14-16(15)18-24-17-14/h3-9H,10-11H2,1-2H3. The van der Waals surface area contributed by atoms with E-state index >= 15 is 0 Å². The maximum atomic E-state index is 12.8. The summed E-state index contributed by atoms with van der Waals surface area (Å²) < 4.78 is 45.6. The van der Waals surface area contributed by atoms with Crippen LogP contribution in [0.2, 0.25) is 0 Å². The minimum Gasteiger partial charge on any atom is -0.497 e. The van der Waals surface area contributed by atoms with Gasteiger partial charge in [0.15, 0.2) is 0 Å². The van der Waals surface area contributed by atoms with Crippen LogP contribution in [0.15, 0.2) is 47.4 Å². The van der Waals surface area contributed by atoms with Gasteiger partial charge in [-0.25, -0.2) is 8.42 Å². The fraction of sp³-hybridized carbons (Fsp3) is 0.250. The Hall–Kier alpha value is -2.23. The molecule has 0 saturated heterocycles. The average Bonchev–Trinajstić information content (AvgIpc) is 3.10. The summed E-state index contributed by atoms with van der Waals surface area (Å²) in [4.78, 5) is 0.158. The smallest absolute Gasteiger partial charge is 0.245 e. The van der Waals surface area contributed by atoms with Crippen LogP contribution < -0.4 is 9.47 Å². The van der Waals surface area contributed by atoms with E-state index in [0.29, 0.717) is 16.8 Å². The molecule has 1 aromatic heterocycles. The first-order valence-corrected chi connectivity index (χ1v) is 9.64. The molecule has 25 heavy (non-hydrogen) atoms. The Labute approximate surface area is 150 Å². The molecular formula is C16H17N3O4S2. The summed E-state index contributed by atoms with van der Waals surface area (Å²) in [5, 5.41) is 0. The van der Waals surface area contributed by atoms with Crippen molar-refractivity contribution in [2.45, 2.75) is 4.90 Å². The minimum atomic E-state index is -3.66. The minimum absolute atomic E-state index is 0.158. The highest BCUT2D eigenvalue weighted by atomic mass is 32.2. The van der Waals surface area contributed by atoms with Gasteiger partial charge in [0.05, 0.1) is 18.8 Å². The highest BCUT2D eigenvalue weighted by Gasteiger charge is 2.24. The monoisotopic (exact) mass is 379 g/mol. The first-order valence-electron chi connectivity index (χ1n) is 7.47. The van der Waals surface area contributed by atoms with Crippen molar-refractivity contribution in [3.05, 3.63) is 42.5 Å². The number of aromatic nitrogens is 2. The van der Waals surface area contributed by atoms with Crippen LogP contribution >= 0.6 is 11.7 Å². The first-order chi connectivity index (χ1) is 12.0. The van der Waals surface area contributed by atoms with Crippen molar-refractivity contribution in [3.8, 4) is 11.5 Å². The van der Waals surface area contributed by atoms with Gasteiger partial charge in [-0.3, -0.25) is 0 Å². The number of sulfonamides is 1. The molecule has 2 aromatic carbocycles. The number of fused-ring (bicyclic) bond motifs is 1. The van der Waals surface area contributed by atoms with E-state index in [1.165, 1.54) is 11.4 Å². The molecule has 7 nitrogen and oxygen atoms in total. The quantitative estimate of drug-likeness (QED) is 0.627. The molecule has 3 aromatic rings. The highest BCUT2D eigenvalue weighted by molar-refractivity contribution is 7.89. The lowest BCUT2D eigenvalue weighted by Gasteiger charge is -2.17. The topological polar surface area (TPSA) is 81.6 Å². The van der Waals surface area contributed by atoms with Gasteiger partial charge in [0.1, 0.15) is 34.0 Å². The van der Waals surface area contributed by atoms with Crippen molar-refractivity contribution >= 4 is 32.8 Å². The van der Waals surface area contributed by atoms with Gasteiger partial charge in [-0.1, -0.05) is 6.07 Å². The van der Waals surface area contributed by atoms with Crippen molar-refractivity contribution < 1.29 is 17.9 Å². The molecule has 0 aliphatic heterocycles. The van der Waals surface area contributed by atoms with E-state index in [0.717, 1.165) is 17.5 Å². The second kappa shape index (κ2) is 7.34. The summed E-state index contributed by atoms with van der Waals surface area (Å²) in [7, 11) is -0.553. The van der Waals surface area contributed by atoms with Gasteiger partial charge in [-0.05, 0) is 36.4 Å². The Morgan fingerprint density at radius 3 is 2.52 bits per heavy atom.